The van der Waals surface area contributed by atoms with Crippen molar-refractivity contribution in [3.05, 3.63) is 54.1 Å². The van der Waals surface area contributed by atoms with E-state index in [0.717, 1.165) is 5.56 Å². The van der Waals surface area contributed by atoms with Crippen LogP contribution in [0.1, 0.15) is 5.56 Å². The molecule has 1 radical (unpaired) electrons. The quantitative estimate of drug-likeness (QED) is 0.870. The van der Waals surface area contributed by atoms with Crippen molar-refractivity contribution in [2.45, 2.75) is 6.54 Å². The number of anilines is 1. The third kappa shape index (κ3) is 2.48. The van der Waals surface area contributed by atoms with Crippen LogP contribution in [0.5, 0.6) is 0 Å². The smallest absolute Gasteiger partial charge is 0.0446 e. The number of hydrogen-bond acceptors (Lipinski definition) is 2. The highest BCUT2D eigenvalue weighted by Gasteiger charge is 2.06. The third-order valence-corrected chi connectivity index (χ3v) is 2.80. The molecule has 0 fully saturated rings. The van der Waals surface area contributed by atoms with Gasteiger partial charge in [0.1, 0.15) is 0 Å². The van der Waals surface area contributed by atoms with E-state index in [2.05, 4.69) is 29.2 Å². The monoisotopic (exact) mass is 225 g/mol. The van der Waals surface area contributed by atoms with Crippen LogP contribution in [0.2, 0.25) is 0 Å². The summed E-state index contributed by atoms with van der Waals surface area (Å²) in [5.74, 6) is 0. The van der Waals surface area contributed by atoms with E-state index >= 15 is 0 Å². The largest absolute Gasteiger partial charge is 0.377 e. The molecule has 0 aliphatic carbocycles. The van der Waals surface area contributed by atoms with Gasteiger partial charge in [0.2, 0.25) is 0 Å². The van der Waals surface area contributed by atoms with E-state index in [4.69, 9.17) is 5.73 Å². The van der Waals surface area contributed by atoms with Gasteiger partial charge < -0.3 is 10.6 Å². The normalized spacial score (nSPS) is 10.3. The standard InChI is InChI=1S/C15H17N2/c1-17(2)15-9-4-3-8-14(15)13-7-5-6-12(10-13)11-16/h3,5-10H,11,16H2,1-2H3. The Balaban J connectivity index is 2.52. The topological polar surface area (TPSA) is 29.3 Å². The molecule has 0 aliphatic rings. The number of nitrogens with two attached hydrogens (primary N) is 1. The van der Waals surface area contributed by atoms with Crippen LogP contribution in [-0.2, 0) is 6.54 Å². The average molecular weight is 225 g/mol. The van der Waals surface area contributed by atoms with Crippen LogP contribution >= 0.6 is 0 Å². The van der Waals surface area contributed by atoms with Crippen LogP contribution < -0.4 is 10.6 Å². The molecule has 2 rings (SSSR count). The van der Waals surface area contributed by atoms with Crippen molar-refractivity contribution in [2.75, 3.05) is 19.0 Å². The number of rotatable bonds is 3. The van der Waals surface area contributed by atoms with Crippen molar-refractivity contribution >= 4 is 5.69 Å². The van der Waals surface area contributed by atoms with E-state index in [1.54, 1.807) is 0 Å². The molecule has 0 aliphatic heterocycles. The van der Waals surface area contributed by atoms with Crippen molar-refractivity contribution in [2.24, 2.45) is 5.73 Å². The van der Waals surface area contributed by atoms with Gasteiger partial charge in [-0.15, -0.1) is 0 Å². The van der Waals surface area contributed by atoms with Crippen molar-refractivity contribution in [1.29, 1.82) is 0 Å². The fourth-order valence-electron chi connectivity index (χ4n) is 1.90. The van der Waals surface area contributed by atoms with Gasteiger partial charge >= 0.3 is 0 Å². The number of benzene rings is 2. The molecule has 0 spiro atoms. The summed E-state index contributed by atoms with van der Waals surface area (Å²) in [6.07, 6.45) is 0. The van der Waals surface area contributed by atoms with E-state index < -0.39 is 0 Å². The summed E-state index contributed by atoms with van der Waals surface area (Å²) < 4.78 is 0. The zero-order valence-electron chi connectivity index (χ0n) is 10.3. The minimum atomic E-state index is 0.574. The van der Waals surface area contributed by atoms with Gasteiger partial charge in [0.05, 0.1) is 0 Å². The fraction of sp³-hybridized carbons (Fsp3) is 0.200. The Morgan fingerprint density at radius 2 is 2.06 bits per heavy atom. The molecule has 0 aromatic heterocycles. The Hall–Kier alpha value is -1.80. The van der Waals surface area contributed by atoms with E-state index in [0.29, 0.717) is 6.54 Å². The van der Waals surface area contributed by atoms with Crippen LogP contribution in [-0.4, -0.2) is 14.1 Å². The molecular weight excluding hydrogens is 208 g/mol. The zero-order chi connectivity index (χ0) is 12.3. The van der Waals surface area contributed by atoms with Crippen molar-refractivity contribution in [1.82, 2.24) is 0 Å². The lowest BCUT2D eigenvalue weighted by molar-refractivity contribution is 1.07. The van der Waals surface area contributed by atoms with E-state index in [1.807, 2.05) is 38.4 Å². The molecule has 0 unspecified atom stereocenters. The second-order valence-corrected chi connectivity index (χ2v) is 4.24. The summed E-state index contributed by atoms with van der Waals surface area (Å²) in [6, 6.07) is 17.5. The van der Waals surface area contributed by atoms with Gasteiger partial charge in [0.25, 0.3) is 0 Å². The molecule has 0 amide bonds. The van der Waals surface area contributed by atoms with Crippen LogP contribution in [0, 0.1) is 6.07 Å². The molecule has 0 bridgehead atoms. The Labute approximate surface area is 103 Å². The molecule has 2 aromatic carbocycles. The minimum absolute atomic E-state index is 0.574. The van der Waals surface area contributed by atoms with Crippen LogP contribution in [0.3, 0.4) is 0 Å². The maximum atomic E-state index is 5.68. The molecule has 2 aromatic rings. The summed E-state index contributed by atoms with van der Waals surface area (Å²) in [5, 5.41) is 0. The predicted molar refractivity (Wildman–Crippen MR) is 72.9 cm³/mol. The summed E-state index contributed by atoms with van der Waals surface area (Å²) in [4.78, 5) is 2.10. The SMILES string of the molecule is CN(C)c1c[c]ccc1-c1cccc(CN)c1. The van der Waals surface area contributed by atoms with Gasteiger partial charge in [0.15, 0.2) is 0 Å². The lowest BCUT2D eigenvalue weighted by atomic mass is 10.0. The molecule has 0 heterocycles. The molecule has 0 saturated carbocycles. The highest BCUT2D eigenvalue weighted by molar-refractivity contribution is 5.78. The van der Waals surface area contributed by atoms with Crippen molar-refractivity contribution in [3.8, 4) is 11.1 Å². The summed E-state index contributed by atoms with van der Waals surface area (Å²) in [5.41, 5.74) is 10.4. The Morgan fingerprint density at radius 3 is 2.76 bits per heavy atom. The Bertz CT molecular complexity index is 504. The van der Waals surface area contributed by atoms with Crippen molar-refractivity contribution < 1.29 is 0 Å². The molecule has 17 heavy (non-hydrogen) atoms. The van der Waals surface area contributed by atoms with E-state index in [-0.39, 0.29) is 0 Å². The molecule has 2 nitrogen and oxygen atoms in total. The molecule has 0 atom stereocenters. The maximum Gasteiger partial charge on any atom is 0.0446 e. The molecule has 87 valence electrons. The second-order valence-electron chi connectivity index (χ2n) is 4.24. The van der Waals surface area contributed by atoms with Gasteiger partial charge in [-0.05, 0) is 29.3 Å². The van der Waals surface area contributed by atoms with Crippen LogP contribution in [0.15, 0.2) is 42.5 Å². The lowest BCUT2D eigenvalue weighted by Crippen LogP contribution is -2.09. The fourth-order valence-corrected chi connectivity index (χ4v) is 1.90. The van der Waals surface area contributed by atoms with Gasteiger partial charge in [-0.2, -0.15) is 0 Å². The predicted octanol–water partition coefficient (Wildman–Crippen LogP) is 2.68. The zero-order valence-corrected chi connectivity index (χ0v) is 10.3. The van der Waals surface area contributed by atoms with E-state index in [1.165, 1.54) is 16.8 Å². The summed E-state index contributed by atoms with van der Waals surface area (Å²) in [7, 11) is 4.08. The van der Waals surface area contributed by atoms with Gasteiger partial charge in [-0.25, -0.2) is 0 Å². The van der Waals surface area contributed by atoms with Crippen LogP contribution in [0.25, 0.3) is 11.1 Å². The molecule has 0 saturated heterocycles. The highest BCUT2D eigenvalue weighted by Crippen LogP contribution is 2.29. The van der Waals surface area contributed by atoms with Gasteiger partial charge in [0, 0.05) is 31.9 Å². The minimum Gasteiger partial charge on any atom is -0.377 e. The first kappa shape index (κ1) is 11.7. The van der Waals surface area contributed by atoms with Gasteiger partial charge in [-0.1, -0.05) is 30.3 Å². The highest BCUT2D eigenvalue weighted by atomic mass is 15.1. The number of nitrogens with zero attached hydrogens (tertiary/aromatic N) is 1. The number of hydrogen-bond donors (Lipinski definition) is 1. The third-order valence-electron chi connectivity index (χ3n) is 2.80. The second kappa shape index (κ2) is 5.02. The Kier molecular flexibility index (Phi) is 3.45. The molecular formula is C15H17N2. The first-order valence-electron chi connectivity index (χ1n) is 5.69. The maximum absolute atomic E-state index is 5.68. The Morgan fingerprint density at radius 1 is 1.24 bits per heavy atom. The molecule has 2 heteroatoms. The summed E-state index contributed by atoms with van der Waals surface area (Å²) in [6.45, 7) is 0.574. The van der Waals surface area contributed by atoms with E-state index in [9.17, 15) is 0 Å². The van der Waals surface area contributed by atoms with Gasteiger partial charge in [-0.3, -0.25) is 0 Å². The first-order chi connectivity index (χ1) is 8.22. The molecule has 2 N–H and O–H groups in total. The lowest BCUT2D eigenvalue weighted by Gasteiger charge is -2.17. The van der Waals surface area contributed by atoms with Crippen molar-refractivity contribution in [3.63, 3.8) is 0 Å². The summed E-state index contributed by atoms with van der Waals surface area (Å²) >= 11 is 0. The first-order valence-corrected chi connectivity index (χ1v) is 5.69. The van der Waals surface area contributed by atoms with Crippen LogP contribution in [0.4, 0.5) is 5.69 Å². The average Bonchev–Trinajstić information content (AvgIpc) is 2.39.